The molecule has 3 heterocycles. The molecule has 3 aliphatic heterocycles. The number of likely N-dealkylation sites (tertiary alicyclic amines) is 1. The predicted molar refractivity (Wildman–Crippen MR) is 192 cm³/mol. The smallest absolute Gasteiger partial charge is 0.247 e. The molecule has 0 aliphatic carbocycles. The Morgan fingerprint density at radius 2 is 1.74 bits per heavy atom. The molecule has 6 atom stereocenters. The molecule has 3 unspecified atom stereocenters. The highest BCUT2D eigenvalue weighted by Crippen LogP contribution is 2.68. The Bertz CT molecular complexity index is 1420. The quantitative estimate of drug-likeness (QED) is 0.125. The third kappa shape index (κ3) is 7.06. The van der Waals surface area contributed by atoms with Crippen molar-refractivity contribution < 1.29 is 24.2 Å². The highest BCUT2D eigenvalue weighted by molar-refractivity contribution is 9.09. The third-order valence-electron chi connectivity index (χ3n) is 9.53. The minimum atomic E-state index is -0.743. The van der Waals surface area contributed by atoms with E-state index in [2.05, 4.69) is 29.1 Å². The van der Waals surface area contributed by atoms with Crippen molar-refractivity contribution in [3.8, 4) is 5.75 Å². The molecular formula is C37H46BrN3O5S. The van der Waals surface area contributed by atoms with Gasteiger partial charge in [-0.15, -0.1) is 24.9 Å². The summed E-state index contributed by atoms with van der Waals surface area (Å²) < 4.78 is 4.88. The number of benzene rings is 2. The number of thioether (sulfide) groups is 1. The number of carbonyl (C=O) groups is 3. The number of aliphatic hydroxyl groups is 1. The average Bonchev–Trinajstić information content (AvgIpc) is 3.67. The van der Waals surface area contributed by atoms with E-state index in [1.807, 2.05) is 61.5 Å². The zero-order valence-corrected chi connectivity index (χ0v) is 29.5. The Hall–Kier alpha value is -3.08. The number of hydrogen-bond donors (Lipinski definition) is 1. The van der Waals surface area contributed by atoms with Gasteiger partial charge in [-0.2, -0.15) is 0 Å². The fourth-order valence-corrected chi connectivity index (χ4v) is 11.2. The van der Waals surface area contributed by atoms with Crippen LogP contribution in [0.5, 0.6) is 5.75 Å². The van der Waals surface area contributed by atoms with Crippen LogP contribution < -0.4 is 9.64 Å². The highest BCUT2D eigenvalue weighted by Gasteiger charge is 2.76. The molecule has 0 aromatic heterocycles. The number of alkyl halides is 1. The van der Waals surface area contributed by atoms with Gasteiger partial charge in [0.05, 0.1) is 23.2 Å². The van der Waals surface area contributed by atoms with Crippen LogP contribution in [0.25, 0.3) is 0 Å². The van der Waals surface area contributed by atoms with E-state index in [-0.39, 0.29) is 34.4 Å². The number of anilines is 1. The maximum atomic E-state index is 14.8. The Morgan fingerprint density at radius 1 is 1.04 bits per heavy atom. The van der Waals surface area contributed by atoms with Gasteiger partial charge in [0.2, 0.25) is 17.7 Å². The van der Waals surface area contributed by atoms with Gasteiger partial charge in [0.1, 0.15) is 11.8 Å². The van der Waals surface area contributed by atoms with Crippen LogP contribution in [0.4, 0.5) is 5.69 Å². The first-order chi connectivity index (χ1) is 22.8. The molecule has 3 saturated heterocycles. The van der Waals surface area contributed by atoms with Crippen molar-refractivity contribution in [3.63, 3.8) is 0 Å². The Morgan fingerprint density at radius 3 is 2.40 bits per heavy atom. The normalized spacial score (nSPS) is 25.8. The van der Waals surface area contributed by atoms with E-state index in [1.54, 1.807) is 38.6 Å². The SMILES string of the molecule is C=CCN(Cc1ccccc1)C(=O)C1N(CCCCCCO)C(=O)[C@@H]2[C@H](C(=O)N(CC=C)c3ccc(OCC)cc3)[C@H]3SC12CC3Br. The van der Waals surface area contributed by atoms with Crippen LogP contribution in [-0.4, -0.2) is 86.3 Å². The lowest BCUT2D eigenvalue weighted by molar-refractivity contribution is -0.143. The Kier molecular flexibility index (Phi) is 11.9. The van der Waals surface area contributed by atoms with E-state index in [4.69, 9.17) is 4.74 Å². The topological polar surface area (TPSA) is 90.4 Å². The van der Waals surface area contributed by atoms with E-state index in [0.29, 0.717) is 51.3 Å². The molecule has 252 valence electrons. The monoisotopic (exact) mass is 723 g/mol. The van der Waals surface area contributed by atoms with Crippen molar-refractivity contribution in [2.45, 2.75) is 66.4 Å². The molecule has 2 bridgehead atoms. The lowest BCUT2D eigenvalue weighted by atomic mass is 9.70. The molecule has 0 saturated carbocycles. The van der Waals surface area contributed by atoms with Gasteiger partial charge in [0, 0.05) is 48.6 Å². The Balaban J connectivity index is 1.50. The van der Waals surface area contributed by atoms with Gasteiger partial charge < -0.3 is 24.5 Å². The van der Waals surface area contributed by atoms with Crippen molar-refractivity contribution >= 4 is 51.1 Å². The number of unbranched alkanes of at least 4 members (excludes halogenated alkanes) is 3. The van der Waals surface area contributed by atoms with Gasteiger partial charge in [-0.25, -0.2) is 0 Å². The molecule has 10 heteroatoms. The second-order valence-corrected chi connectivity index (χ2v) is 15.2. The maximum absolute atomic E-state index is 14.8. The molecule has 1 N–H and O–H groups in total. The fraction of sp³-hybridized carbons (Fsp3) is 0.486. The summed E-state index contributed by atoms with van der Waals surface area (Å²) in [5, 5.41) is 9.12. The first-order valence-electron chi connectivity index (χ1n) is 16.6. The summed E-state index contributed by atoms with van der Waals surface area (Å²) in [6.07, 6.45) is 7.17. The fourth-order valence-electron chi connectivity index (χ4n) is 7.56. The van der Waals surface area contributed by atoms with E-state index in [1.165, 1.54) is 0 Å². The molecule has 5 rings (SSSR count). The van der Waals surface area contributed by atoms with Gasteiger partial charge in [0.25, 0.3) is 0 Å². The molecule has 2 aromatic carbocycles. The lowest BCUT2D eigenvalue weighted by Gasteiger charge is -2.38. The molecule has 3 aliphatic rings. The summed E-state index contributed by atoms with van der Waals surface area (Å²) >= 11 is 5.56. The summed E-state index contributed by atoms with van der Waals surface area (Å²) in [6.45, 7) is 11.9. The number of aliphatic hydroxyl groups excluding tert-OH is 1. The van der Waals surface area contributed by atoms with Crippen LogP contribution in [0.2, 0.25) is 0 Å². The second kappa shape index (κ2) is 15.9. The highest BCUT2D eigenvalue weighted by atomic mass is 79.9. The number of carbonyl (C=O) groups excluding carboxylic acids is 3. The van der Waals surface area contributed by atoms with Crippen molar-refractivity contribution in [1.82, 2.24) is 9.80 Å². The third-order valence-corrected chi connectivity index (χ3v) is 12.7. The number of nitrogens with zero attached hydrogens (tertiary/aromatic N) is 3. The largest absolute Gasteiger partial charge is 0.494 e. The van der Waals surface area contributed by atoms with Crippen LogP contribution in [0, 0.1) is 11.8 Å². The van der Waals surface area contributed by atoms with Crippen molar-refractivity contribution in [3.05, 3.63) is 85.5 Å². The summed E-state index contributed by atoms with van der Waals surface area (Å²) in [6, 6.07) is 16.6. The van der Waals surface area contributed by atoms with E-state index in [0.717, 1.165) is 30.6 Å². The maximum Gasteiger partial charge on any atom is 0.247 e. The van der Waals surface area contributed by atoms with E-state index >= 15 is 0 Å². The predicted octanol–water partition coefficient (Wildman–Crippen LogP) is 5.84. The Labute approximate surface area is 291 Å². The van der Waals surface area contributed by atoms with E-state index < -0.39 is 22.6 Å². The van der Waals surface area contributed by atoms with Crippen LogP contribution in [0.15, 0.2) is 79.9 Å². The molecule has 3 fully saturated rings. The molecular weight excluding hydrogens is 678 g/mol. The van der Waals surface area contributed by atoms with Gasteiger partial charge in [-0.05, 0) is 56.0 Å². The minimum absolute atomic E-state index is 0.0295. The summed E-state index contributed by atoms with van der Waals surface area (Å²) in [7, 11) is 0. The summed E-state index contributed by atoms with van der Waals surface area (Å²) in [5.74, 6) is -0.841. The second-order valence-electron chi connectivity index (χ2n) is 12.5. The molecule has 1 spiro atoms. The number of fused-ring (bicyclic) bond motifs is 1. The summed E-state index contributed by atoms with van der Waals surface area (Å²) in [5.41, 5.74) is 1.71. The molecule has 3 amide bonds. The first kappa shape index (κ1) is 35.2. The lowest BCUT2D eigenvalue weighted by Crippen LogP contribution is -2.55. The van der Waals surface area contributed by atoms with Gasteiger partial charge in [0.15, 0.2) is 0 Å². The molecule has 0 radical (unpaired) electrons. The van der Waals surface area contributed by atoms with Gasteiger partial charge in [-0.1, -0.05) is 71.3 Å². The number of rotatable bonds is 17. The zero-order valence-electron chi connectivity index (χ0n) is 27.1. The van der Waals surface area contributed by atoms with Gasteiger partial charge in [-0.3, -0.25) is 14.4 Å². The van der Waals surface area contributed by atoms with Crippen molar-refractivity contribution in [2.24, 2.45) is 11.8 Å². The first-order valence-corrected chi connectivity index (χ1v) is 18.4. The van der Waals surface area contributed by atoms with Crippen LogP contribution in [0.1, 0.15) is 44.6 Å². The average molecular weight is 725 g/mol. The number of hydrogen-bond acceptors (Lipinski definition) is 6. The molecule has 2 aromatic rings. The standard InChI is InChI=1S/C37H46BrN3O5S/c1-4-20-39(25-26-14-10-9-11-15-26)36(45)33-37-24-29(38)32(47-37)30(31(37)35(44)41(33)22-12-7-8-13-23-42)34(43)40(21-5-2)27-16-18-28(19-17-27)46-6-3/h4-5,9-11,14-19,29-33,42H,1-2,6-8,12-13,20-25H2,3H3/t29?,30-,31-,32-,33?,37?/m0/s1. The number of halogens is 1. The minimum Gasteiger partial charge on any atom is -0.494 e. The zero-order chi connectivity index (χ0) is 33.6. The van der Waals surface area contributed by atoms with E-state index in [9.17, 15) is 19.5 Å². The van der Waals surface area contributed by atoms with Crippen LogP contribution in [0.3, 0.4) is 0 Å². The summed E-state index contributed by atoms with van der Waals surface area (Å²) in [4.78, 5) is 49.4. The van der Waals surface area contributed by atoms with Crippen molar-refractivity contribution in [1.29, 1.82) is 0 Å². The number of ether oxygens (including phenoxy) is 1. The van der Waals surface area contributed by atoms with Crippen LogP contribution in [-0.2, 0) is 20.9 Å². The van der Waals surface area contributed by atoms with Crippen molar-refractivity contribution in [2.75, 3.05) is 37.7 Å². The number of amides is 3. The molecule has 8 nitrogen and oxygen atoms in total. The van der Waals surface area contributed by atoms with Gasteiger partial charge >= 0.3 is 0 Å². The molecule has 47 heavy (non-hydrogen) atoms. The van der Waals surface area contributed by atoms with Crippen LogP contribution >= 0.6 is 27.7 Å².